The number of alkyl halides is 1. The van der Waals surface area contributed by atoms with Gasteiger partial charge in [0.1, 0.15) is 11.3 Å². The van der Waals surface area contributed by atoms with Crippen molar-refractivity contribution in [1.29, 1.82) is 0 Å². The SMILES string of the molecule is CC1OCCC1Cn1c(CCCl)nc2ccc(F)c(F)c21. The van der Waals surface area contributed by atoms with E-state index < -0.39 is 11.6 Å². The Morgan fingerprint density at radius 3 is 2.90 bits per heavy atom. The summed E-state index contributed by atoms with van der Waals surface area (Å²) in [6.07, 6.45) is 1.56. The summed E-state index contributed by atoms with van der Waals surface area (Å²) in [7, 11) is 0. The fourth-order valence-corrected chi connectivity index (χ4v) is 3.10. The van der Waals surface area contributed by atoms with Gasteiger partial charge in [-0.2, -0.15) is 0 Å². The second-order valence-electron chi connectivity index (χ2n) is 5.43. The van der Waals surface area contributed by atoms with Gasteiger partial charge in [-0.25, -0.2) is 13.8 Å². The molecule has 1 aromatic carbocycles. The van der Waals surface area contributed by atoms with E-state index in [4.69, 9.17) is 16.3 Å². The van der Waals surface area contributed by atoms with Gasteiger partial charge in [0.15, 0.2) is 11.6 Å². The van der Waals surface area contributed by atoms with E-state index in [9.17, 15) is 8.78 Å². The van der Waals surface area contributed by atoms with E-state index in [-0.39, 0.29) is 17.5 Å². The van der Waals surface area contributed by atoms with Crippen molar-refractivity contribution in [3.63, 3.8) is 0 Å². The summed E-state index contributed by atoms with van der Waals surface area (Å²) in [5.74, 6) is -0.323. The van der Waals surface area contributed by atoms with Crippen LogP contribution in [-0.2, 0) is 17.7 Å². The van der Waals surface area contributed by atoms with E-state index in [1.165, 1.54) is 6.07 Å². The fourth-order valence-electron chi connectivity index (χ4n) is 2.93. The smallest absolute Gasteiger partial charge is 0.184 e. The molecule has 1 saturated heterocycles. The number of hydrogen-bond acceptors (Lipinski definition) is 2. The Morgan fingerprint density at radius 2 is 2.24 bits per heavy atom. The summed E-state index contributed by atoms with van der Waals surface area (Å²) in [4.78, 5) is 4.40. The predicted octanol–water partition coefficient (Wildman–Crippen LogP) is 3.52. The van der Waals surface area contributed by atoms with Gasteiger partial charge in [0.25, 0.3) is 0 Å². The van der Waals surface area contributed by atoms with Gasteiger partial charge in [0.2, 0.25) is 0 Å². The van der Waals surface area contributed by atoms with E-state index in [1.54, 1.807) is 4.57 Å². The molecule has 2 aromatic rings. The van der Waals surface area contributed by atoms with Crippen LogP contribution in [0.15, 0.2) is 12.1 Å². The van der Waals surface area contributed by atoms with Crippen molar-refractivity contribution in [2.75, 3.05) is 12.5 Å². The van der Waals surface area contributed by atoms with Crippen LogP contribution in [0.5, 0.6) is 0 Å². The molecule has 1 aromatic heterocycles. The molecule has 2 unspecified atom stereocenters. The predicted molar refractivity (Wildman–Crippen MR) is 77.6 cm³/mol. The molecule has 1 aliphatic rings. The van der Waals surface area contributed by atoms with Crippen LogP contribution in [0.2, 0.25) is 0 Å². The fraction of sp³-hybridized carbons (Fsp3) is 0.533. The molecule has 0 aliphatic carbocycles. The molecule has 0 spiro atoms. The van der Waals surface area contributed by atoms with E-state index in [0.717, 1.165) is 12.5 Å². The lowest BCUT2D eigenvalue weighted by molar-refractivity contribution is 0.102. The van der Waals surface area contributed by atoms with E-state index in [1.807, 2.05) is 6.92 Å². The van der Waals surface area contributed by atoms with Crippen LogP contribution in [0.1, 0.15) is 19.2 Å². The molecule has 2 atom stereocenters. The molecule has 3 nitrogen and oxygen atoms in total. The molecule has 0 saturated carbocycles. The minimum Gasteiger partial charge on any atom is -0.378 e. The first-order valence-corrected chi connectivity index (χ1v) is 7.66. The van der Waals surface area contributed by atoms with Gasteiger partial charge < -0.3 is 9.30 Å². The Hall–Kier alpha value is -1.20. The number of rotatable bonds is 4. The highest BCUT2D eigenvalue weighted by atomic mass is 35.5. The van der Waals surface area contributed by atoms with Crippen molar-refractivity contribution >= 4 is 22.6 Å². The van der Waals surface area contributed by atoms with Gasteiger partial charge in [0.05, 0.1) is 11.6 Å². The van der Waals surface area contributed by atoms with Gasteiger partial charge in [-0.3, -0.25) is 0 Å². The number of fused-ring (bicyclic) bond motifs is 1. The topological polar surface area (TPSA) is 27.1 Å². The number of benzene rings is 1. The Bertz CT molecular complexity index is 659. The third kappa shape index (κ3) is 2.64. The van der Waals surface area contributed by atoms with Crippen LogP contribution >= 0.6 is 11.6 Å². The van der Waals surface area contributed by atoms with Crippen LogP contribution in [-0.4, -0.2) is 28.1 Å². The first kappa shape index (κ1) is 14.7. The molecule has 0 amide bonds. The lowest BCUT2D eigenvalue weighted by atomic mass is 10.0. The number of aromatic nitrogens is 2. The average Bonchev–Trinajstić information content (AvgIpc) is 3.01. The van der Waals surface area contributed by atoms with E-state index in [2.05, 4.69) is 4.98 Å². The van der Waals surface area contributed by atoms with Gasteiger partial charge in [-0.15, -0.1) is 11.6 Å². The van der Waals surface area contributed by atoms with Crippen molar-refractivity contribution in [3.8, 4) is 0 Å². The average molecular weight is 315 g/mol. The molecule has 0 radical (unpaired) electrons. The summed E-state index contributed by atoms with van der Waals surface area (Å²) in [6.45, 7) is 3.29. The van der Waals surface area contributed by atoms with Crippen molar-refractivity contribution < 1.29 is 13.5 Å². The maximum absolute atomic E-state index is 14.2. The van der Waals surface area contributed by atoms with Crippen LogP contribution in [0.25, 0.3) is 11.0 Å². The zero-order chi connectivity index (χ0) is 15.0. The molecule has 0 N–H and O–H groups in total. The highest BCUT2D eigenvalue weighted by molar-refractivity contribution is 6.17. The minimum atomic E-state index is -0.850. The highest BCUT2D eigenvalue weighted by Crippen LogP contribution is 2.28. The van der Waals surface area contributed by atoms with Gasteiger partial charge in [-0.05, 0) is 25.5 Å². The quantitative estimate of drug-likeness (QED) is 0.807. The molecule has 1 fully saturated rings. The summed E-state index contributed by atoms with van der Waals surface area (Å²) in [5, 5.41) is 0. The first-order valence-electron chi connectivity index (χ1n) is 7.12. The van der Waals surface area contributed by atoms with Gasteiger partial charge in [-0.1, -0.05) is 0 Å². The van der Waals surface area contributed by atoms with Gasteiger partial charge >= 0.3 is 0 Å². The molecule has 21 heavy (non-hydrogen) atoms. The van der Waals surface area contributed by atoms with Crippen molar-refractivity contribution in [2.24, 2.45) is 5.92 Å². The molecule has 2 heterocycles. The van der Waals surface area contributed by atoms with Crippen molar-refractivity contribution in [1.82, 2.24) is 9.55 Å². The summed E-state index contributed by atoms with van der Waals surface area (Å²) in [6, 6.07) is 2.62. The van der Waals surface area contributed by atoms with E-state index >= 15 is 0 Å². The summed E-state index contributed by atoms with van der Waals surface area (Å²) < 4.78 is 35.1. The molecular weight excluding hydrogens is 298 g/mol. The third-order valence-electron chi connectivity index (χ3n) is 4.15. The third-order valence-corrected chi connectivity index (χ3v) is 4.34. The standard InChI is InChI=1S/C15H17ClF2N2O/c1-9-10(5-7-21-9)8-20-13(4-6-16)19-12-3-2-11(17)14(18)15(12)20/h2-3,9-10H,4-8H2,1H3. The van der Waals surface area contributed by atoms with Crippen LogP contribution in [0, 0.1) is 17.6 Å². The Balaban J connectivity index is 2.08. The van der Waals surface area contributed by atoms with Crippen LogP contribution < -0.4 is 0 Å². The Kier molecular flexibility index (Phi) is 4.13. The molecule has 114 valence electrons. The molecule has 6 heteroatoms. The molecule has 1 aliphatic heterocycles. The van der Waals surface area contributed by atoms with Crippen molar-refractivity contribution in [2.45, 2.75) is 32.4 Å². The number of aryl methyl sites for hydroxylation is 1. The number of imidazole rings is 1. The van der Waals surface area contributed by atoms with Crippen molar-refractivity contribution in [3.05, 3.63) is 29.6 Å². The number of nitrogens with zero attached hydrogens (tertiary/aromatic N) is 2. The monoisotopic (exact) mass is 314 g/mol. The Labute approximate surface area is 126 Å². The minimum absolute atomic E-state index is 0.114. The summed E-state index contributed by atoms with van der Waals surface area (Å²) >= 11 is 5.81. The Morgan fingerprint density at radius 1 is 1.43 bits per heavy atom. The summed E-state index contributed by atoms with van der Waals surface area (Å²) in [5.41, 5.74) is 0.704. The maximum Gasteiger partial charge on any atom is 0.184 e. The van der Waals surface area contributed by atoms with Crippen LogP contribution in [0.4, 0.5) is 8.78 Å². The lowest BCUT2D eigenvalue weighted by Gasteiger charge is -2.17. The van der Waals surface area contributed by atoms with Crippen LogP contribution in [0.3, 0.4) is 0 Å². The second-order valence-corrected chi connectivity index (χ2v) is 5.81. The van der Waals surface area contributed by atoms with Gasteiger partial charge in [0, 0.05) is 31.4 Å². The zero-order valence-electron chi connectivity index (χ0n) is 11.8. The van der Waals surface area contributed by atoms with E-state index in [0.29, 0.717) is 36.8 Å². The molecule has 3 rings (SSSR count). The number of ether oxygens (including phenoxy) is 1. The molecular formula is C15H17ClF2N2O. The highest BCUT2D eigenvalue weighted by Gasteiger charge is 2.27. The largest absolute Gasteiger partial charge is 0.378 e. The lowest BCUT2D eigenvalue weighted by Crippen LogP contribution is -2.20. The first-order chi connectivity index (χ1) is 10.1. The molecule has 0 bridgehead atoms. The number of hydrogen-bond donors (Lipinski definition) is 0. The number of halogens is 3. The maximum atomic E-state index is 14.2. The zero-order valence-corrected chi connectivity index (χ0v) is 12.5. The second kappa shape index (κ2) is 5.89. The normalized spacial score (nSPS) is 22.3.